The minimum Gasteiger partial charge on any atom is -0.508 e. The van der Waals surface area contributed by atoms with Crippen LogP contribution in [0.1, 0.15) is 79.3 Å². The lowest BCUT2D eigenvalue weighted by atomic mass is 10.1. The van der Waals surface area contributed by atoms with Crippen molar-refractivity contribution in [2.24, 2.45) is 0 Å². The maximum Gasteiger partial charge on any atom is 0.189 e. The van der Waals surface area contributed by atoms with Gasteiger partial charge in [0.05, 0.1) is 11.1 Å². The third kappa shape index (κ3) is 15.2. The monoisotopic (exact) mass is 716 g/mol. The number of rotatable bonds is 15. The minimum absolute atomic E-state index is 0.118. The lowest BCUT2D eigenvalue weighted by Crippen LogP contribution is -1.98. The van der Waals surface area contributed by atoms with Gasteiger partial charge < -0.3 is 29.9 Å². The Morgan fingerprint density at radius 1 is 0.547 bits per heavy atom. The third-order valence-corrected chi connectivity index (χ3v) is 7.62. The van der Waals surface area contributed by atoms with Crippen molar-refractivity contribution in [1.82, 2.24) is 0 Å². The van der Waals surface area contributed by atoms with Crippen LogP contribution in [0.15, 0.2) is 132 Å². The van der Waals surface area contributed by atoms with E-state index < -0.39 is 0 Å². The Kier molecular flexibility index (Phi) is 16.4. The lowest BCUT2D eigenvalue weighted by Gasteiger charge is -2.07. The molecule has 0 spiro atoms. The highest BCUT2D eigenvalue weighted by Crippen LogP contribution is 2.26. The van der Waals surface area contributed by atoms with Crippen molar-refractivity contribution in [2.75, 3.05) is 13.2 Å². The highest BCUT2D eigenvalue weighted by Gasteiger charge is 2.11. The number of aromatic hydroxyl groups is 4. The van der Waals surface area contributed by atoms with E-state index in [1.807, 2.05) is 26.0 Å². The van der Waals surface area contributed by atoms with E-state index in [4.69, 9.17) is 9.47 Å². The predicted molar refractivity (Wildman–Crippen MR) is 212 cm³/mol. The highest BCUT2D eigenvalue weighted by atomic mass is 16.5. The Balaban J connectivity index is 0.000000290. The van der Waals surface area contributed by atoms with E-state index in [0.29, 0.717) is 24.7 Å². The van der Waals surface area contributed by atoms with Crippen LogP contribution in [-0.4, -0.2) is 45.2 Å². The second-order valence-corrected chi connectivity index (χ2v) is 12.7. The van der Waals surface area contributed by atoms with Crippen LogP contribution in [0.25, 0.3) is 12.2 Å². The zero-order chi connectivity index (χ0) is 38.8. The van der Waals surface area contributed by atoms with Gasteiger partial charge in [0.2, 0.25) is 0 Å². The molecule has 0 heterocycles. The van der Waals surface area contributed by atoms with Crippen LogP contribution in [0.3, 0.4) is 0 Å². The topological polar surface area (TPSA) is 134 Å². The Morgan fingerprint density at radius 2 is 0.962 bits per heavy atom. The molecular weight excluding hydrogens is 668 g/mol. The van der Waals surface area contributed by atoms with Gasteiger partial charge in [-0.05, 0) is 131 Å². The molecule has 8 nitrogen and oxygen atoms in total. The molecule has 0 atom stereocenters. The number of phenols is 4. The first kappa shape index (κ1) is 41.1. The SMILES string of the molecule is CC(C)=CCC/C(C)=C/COc1ccc(C(=O)/C=C/c2ccc(O)cc2)c(O)c1.CC(C)=CCOc1ccc(C(=O)/C=C/c2ccc(O)cc2)c(O)c1. The Labute approximate surface area is 312 Å². The smallest absolute Gasteiger partial charge is 0.189 e. The fourth-order valence-electron chi connectivity index (χ4n) is 4.59. The first-order valence-electron chi connectivity index (χ1n) is 17.2. The second kappa shape index (κ2) is 21.2. The number of ketones is 2. The van der Waals surface area contributed by atoms with Gasteiger partial charge in [0, 0.05) is 12.1 Å². The van der Waals surface area contributed by atoms with Crippen molar-refractivity contribution < 1.29 is 39.5 Å². The van der Waals surface area contributed by atoms with Crippen LogP contribution in [0.4, 0.5) is 0 Å². The van der Waals surface area contributed by atoms with E-state index in [-0.39, 0.29) is 45.7 Å². The number of carbonyl (C=O) groups excluding carboxylic acids is 2. The number of hydrogen-bond acceptors (Lipinski definition) is 8. The molecule has 0 saturated heterocycles. The molecule has 0 aliphatic carbocycles. The molecule has 0 aromatic heterocycles. The molecule has 0 saturated carbocycles. The van der Waals surface area contributed by atoms with Gasteiger partial charge in [0.25, 0.3) is 0 Å². The standard InChI is InChI=1S/C25H28O4.C20H20O4/c1-18(2)5-4-6-19(3)15-16-29-22-12-13-23(25(28)17-22)24(27)14-9-20-7-10-21(26)11-8-20;1-14(2)11-12-24-17-8-9-18(20(23)13-17)19(22)10-5-15-3-6-16(21)7-4-15/h5,7-15,17,26,28H,4,6,16H2,1-3H3;3-11,13,21,23H,12H2,1-2H3/b14-9+,19-15+;10-5+. The van der Waals surface area contributed by atoms with E-state index in [9.17, 15) is 30.0 Å². The summed E-state index contributed by atoms with van der Waals surface area (Å²) in [6, 6.07) is 22.3. The fraction of sp³-hybridized carbons (Fsp3) is 0.200. The summed E-state index contributed by atoms with van der Waals surface area (Å²) in [5.74, 6) is 0.490. The summed E-state index contributed by atoms with van der Waals surface area (Å²) in [4.78, 5) is 24.5. The number of allylic oxidation sites excluding steroid dienone is 6. The number of phenolic OH excluding ortho intramolecular Hbond substituents is 4. The molecule has 0 amide bonds. The van der Waals surface area contributed by atoms with Crippen molar-refractivity contribution in [2.45, 2.75) is 47.5 Å². The second-order valence-electron chi connectivity index (χ2n) is 12.7. The van der Waals surface area contributed by atoms with E-state index in [1.165, 1.54) is 41.5 Å². The van der Waals surface area contributed by atoms with Crippen molar-refractivity contribution in [3.8, 4) is 34.5 Å². The molecule has 0 fully saturated rings. The largest absolute Gasteiger partial charge is 0.508 e. The summed E-state index contributed by atoms with van der Waals surface area (Å²) in [5.41, 5.74) is 5.69. The molecule has 276 valence electrons. The van der Waals surface area contributed by atoms with Crippen molar-refractivity contribution >= 4 is 23.7 Å². The molecule has 4 aromatic rings. The summed E-state index contributed by atoms with van der Waals surface area (Å²) in [6.45, 7) is 11.0. The quantitative estimate of drug-likeness (QED) is 0.0543. The molecule has 4 rings (SSSR count). The summed E-state index contributed by atoms with van der Waals surface area (Å²) in [7, 11) is 0. The summed E-state index contributed by atoms with van der Waals surface area (Å²) in [6.07, 6.45) is 14.2. The number of ether oxygens (including phenoxy) is 2. The van der Waals surface area contributed by atoms with Crippen LogP contribution in [0.2, 0.25) is 0 Å². The maximum atomic E-state index is 12.3. The van der Waals surface area contributed by atoms with Gasteiger partial charge in [-0.3, -0.25) is 9.59 Å². The van der Waals surface area contributed by atoms with Gasteiger partial charge in [-0.1, -0.05) is 59.2 Å². The molecule has 0 aliphatic heterocycles. The molecule has 8 heteroatoms. The van der Waals surface area contributed by atoms with E-state index in [1.54, 1.807) is 78.9 Å². The van der Waals surface area contributed by atoms with E-state index in [2.05, 4.69) is 26.8 Å². The van der Waals surface area contributed by atoms with E-state index in [0.717, 1.165) is 29.5 Å². The number of hydrogen-bond donors (Lipinski definition) is 4. The molecule has 0 radical (unpaired) electrons. The van der Waals surface area contributed by atoms with Crippen LogP contribution in [0, 0.1) is 0 Å². The van der Waals surface area contributed by atoms with Crippen LogP contribution >= 0.6 is 0 Å². The Morgan fingerprint density at radius 3 is 1.36 bits per heavy atom. The molecule has 4 aromatic carbocycles. The highest BCUT2D eigenvalue weighted by molar-refractivity contribution is 6.09. The normalized spacial score (nSPS) is 11.1. The van der Waals surface area contributed by atoms with Crippen molar-refractivity contribution in [3.63, 3.8) is 0 Å². The Hall–Kier alpha value is -6.28. The van der Waals surface area contributed by atoms with Gasteiger partial charge >= 0.3 is 0 Å². The lowest BCUT2D eigenvalue weighted by molar-refractivity contribution is 0.103. The van der Waals surface area contributed by atoms with Gasteiger partial charge in [0.1, 0.15) is 47.7 Å². The molecular formula is C45H48O8. The number of carbonyl (C=O) groups is 2. The average Bonchev–Trinajstić information content (AvgIpc) is 3.11. The van der Waals surface area contributed by atoms with Gasteiger partial charge in [-0.2, -0.15) is 0 Å². The van der Waals surface area contributed by atoms with Gasteiger partial charge in [0.15, 0.2) is 11.6 Å². The van der Waals surface area contributed by atoms with Crippen LogP contribution < -0.4 is 9.47 Å². The average molecular weight is 717 g/mol. The van der Waals surface area contributed by atoms with Crippen LogP contribution in [0.5, 0.6) is 34.5 Å². The predicted octanol–water partition coefficient (Wildman–Crippen LogP) is 10.4. The zero-order valence-corrected chi connectivity index (χ0v) is 30.9. The summed E-state index contributed by atoms with van der Waals surface area (Å²) in [5, 5.41) is 38.7. The molecule has 0 bridgehead atoms. The Bertz CT molecular complexity index is 1970. The van der Waals surface area contributed by atoms with Crippen molar-refractivity contribution in [3.05, 3.63) is 154 Å². The van der Waals surface area contributed by atoms with Crippen LogP contribution in [-0.2, 0) is 0 Å². The molecule has 0 aliphatic rings. The maximum absolute atomic E-state index is 12.3. The molecule has 4 N–H and O–H groups in total. The zero-order valence-electron chi connectivity index (χ0n) is 30.9. The first-order chi connectivity index (χ1) is 25.3. The third-order valence-electron chi connectivity index (χ3n) is 7.62. The molecule has 53 heavy (non-hydrogen) atoms. The molecule has 0 unspecified atom stereocenters. The first-order valence-corrected chi connectivity index (χ1v) is 17.2. The number of benzene rings is 4. The summed E-state index contributed by atoms with van der Waals surface area (Å²) >= 11 is 0. The van der Waals surface area contributed by atoms with Gasteiger partial charge in [-0.25, -0.2) is 0 Å². The fourth-order valence-corrected chi connectivity index (χ4v) is 4.59. The van der Waals surface area contributed by atoms with E-state index >= 15 is 0 Å². The van der Waals surface area contributed by atoms with Gasteiger partial charge in [-0.15, -0.1) is 0 Å². The minimum atomic E-state index is -0.309. The summed E-state index contributed by atoms with van der Waals surface area (Å²) < 4.78 is 11.1. The van der Waals surface area contributed by atoms with Crippen molar-refractivity contribution in [1.29, 1.82) is 0 Å².